The summed E-state index contributed by atoms with van der Waals surface area (Å²) in [4.78, 5) is 10.5. The van der Waals surface area contributed by atoms with Crippen molar-refractivity contribution in [2.24, 2.45) is 5.92 Å². The molecule has 0 amide bonds. The molecule has 1 rings (SSSR count). The summed E-state index contributed by atoms with van der Waals surface area (Å²) in [7, 11) is 1.57. The van der Waals surface area contributed by atoms with Gasteiger partial charge in [-0.1, -0.05) is 6.92 Å². The summed E-state index contributed by atoms with van der Waals surface area (Å²) in [5, 5.41) is 9.50. The van der Waals surface area contributed by atoms with Gasteiger partial charge in [0.05, 0.1) is 7.11 Å². The van der Waals surface area contributed by atoms with E-state index in [2.05, 4.69) is 0 Å². The number of aldehydes is 1. The third-order valence-corrected chi connectivity index (χ3v) is 2.06. The lowest BCUT2D eigenvalue weighted by Gasteiger charge is -2.08. The third-order valence-electron chi connectivity index (χ3n) is 2.06. The van der Waals surface area contributed by atoms with E-state index in [0.717, 1.165) is 11.8 Å². The zero-order chi connectivity index (χ0) is 10.6. The smallest absolute Gasteiger partial charge is 0.123 e. The second-order valence-electron chi connectivity index (χ2n) is 3.31. The average Bonchev–Trinajstić information content (AvgIpc) is 2.21. The minimum absolute atomic E-state index is 0.0898. The fourth-order valence-corrected chi connectivity index (χ4v) is 1.25. The van der Waals surface area contributed by atoms with Crippen LogP contribution in [0.25, 0.3) is 0 Å². The van der Waals surface area contributed by atoms with Gasteiger partial charge in [-0.3, -0.25) is 0 Å². The molecule has 14 heavy (non-hydrogen) atoms. The molecule has 0 aromatic heterocycles. The van der Waals surface area contributed by atoms with Crippen molar-refractivity contribution < 1.29 is 14.6 Å². The highest BCUT2D eigenvalue weighted by Gasteiger charge is 2.07. The molecule has 0 aliphatic carbocycles. The van der Waals surface area contributed by atoms with Gasteiger partial charge in [0.2, 0.25) is 0 Å². The number of benzene rings is 1. The maximum atomic E-state index is 10.5. The number of phenolic OH excluding ortho intramolecular Hbond substituents is 1. The van der Waals surface area contributed by atoms with Gasteiger partial charge in [0.25, 0.3) is 0 Å². The summed E-state index contributed by atoms with van der Waals surface area (Å²) < 4.78 is 5.03. The van der Waals surface area contributed by atoms with Gasteiger partial charge >= 0.3 is 0 Å². The monoisotopic (exact) mass is 194 g/mol. The van der Waals surface area contributed by atoms with Crippen LogP contribution in [-0.2, 0) is 11.2 Å². The quantitative estimate of drug-likeness (QED) is 0.743. The first-order chi connectivity index (χ1) is 6.67. The Morgan fingerprint density at radius 1 is 1.57 bits per heavy atom. The summed E-state index contributed by atoms with van der Waals surface area (Å²) in [6.07, 6.45) is 1.41. The van der Waals surface area contributed by atoms with Crippen LogP contribution < -0.4 is 4.74 Å². The van der Waals surface area contributed by atoms with Crippen molar-refractivity contribution in [3.05, 3.63) is 23.8 Å². The Balaban J connectivity index is 2.88. The van der Waals surface area contributed by atoms with E-state index in [9.17, 15) is 9.90 Å². The number of methoxy groups -OCH3 is 1. The molecule has 1 aromatic carbocycles. The average molecular weight is 194 g/mol. The molecule has 1 atom stereocenters. The first kappa shape index (κ1) is 10.6. The first-order valence-electron chi connectivity index (χ1n) is 4.48. The molecule has 3 nitrogen and oxygen atoms in total. The molecule has 76 valence electrons. The van der Waals surface area contributed by atoms with Crippen molar-refractivity contribution in [1.82, 2.24) is 0 Å². The van der Waals surface area contributed by atoms with Crippen LogP contribution in [0.2, 0.25) is 0 Å². The summed E-state index contributed by atoms with van der Waals surface area (Å²) >= 11 is 0. The fourth-order valence-electron chi connectivity index (χ4n) is 1.25. The number of carbonyl (C=O) groups excluding carboxylic acids is 1. The Kier molecular flexibility index (Phi) is 3.51. The van der Waals surface area contributed by atoms with Gasteiger partial charge in [0.15, 0.2) is 0 Å². The molecule has 0 heterocycles. The summed E-state index contributed by atoms with van der Waals surface area (Å²) in [6, 6.07) is 5.01. The molecule has 0 aliphatic rings. The van der Waals surface area contributed by atoms with Crippen LogP contribution in [0.1, 0.15) is 12.5 Å². The highest BCUT2D eigenvalue weighted by molar-refractivity contribution is 5.54. The van der Waals surface area contributed by atoms with Gasteiger partial charge in [0, 0.05) is 5.92 Å². The van der Waals surface area contributed by atoms with Gasteiger partial charge < -0.3 is 14.6 Å². The second-order valence-corrected chi connectivity index (χ2v) is 3.31. The number of ether oxygens (including phenoxy) is 1. The second kappa shape index (κ2) is 4.65. The van der Waals surface area contributed by atoms with E-state index in [1.54, 1.807) is 25.3 Å². The molecule has 0 bridgehead atoms. The molecule has 1 unspecified atom stereocenters. The largest absolute Gasteiger partial charge is 0.508 e. The number of rotatable bonds is 4. The van der Waals surface area contributed by atoms with Crippen LogP contribution in [0.5, 0.6) is 11.5 Å². The lowest BCUT2D eigenvalue weighted by molar-refractivity contribution is -0.110. The molecule has 3 heteroatoms. The molecule has 1 N–H and O–H groups in total. The molecular formula is C11H14O3. The number of aromatic hydroxyl groups is 1. The lowest BCUT2D eigenvalue weighted by atomic mass is 10.0. The van der Waals surface area contributed by atoms with Crippen LogP contribution in [0, 0.1) is 5.92 Å². The van der Waals surface area contributed by atoms with Crippen molar-refractivity contribution in [3.8, 4) is 11.5 Å². The summed E-state index contributed by atoms with van der Waals surface area (Å²) in [5.74, 6) is 0.809. The Hall–Kier alpha value is -1.51. The van der Waals surface area contributed by atoms with E-state index in [4.69, 9.17) is 4.74 Å². The third kappa shape index (κ3) is 2.49. The molecule has 1 aromatic rings. The minimum atomic E-state index is -0.0898. The number of hydrogen-bond acceptors (Lipinski definition) is 3. The first-order valence-corrected chi connectivity index (χ1v) is 4.48. The van der Waals surface area contributed by atoms with Gasteiger partial charge in [-0.25, -0.2) is 0 Å². The van der Waals surface area contributed by atoms with Gasteiger partial charge in [-0.05, 0) is 30.2 Å². The van der Waals surface area contributed by atoms with Gasteiger partial charge in [0.1, 0.15) is 17.8 Å². The normalized spacial score (nSPS) is 12.1. The Labute approximate surface area is 83.3 Å². The lowest BCUT2D eigenvalue weighted by Crippen LogP contribution is -2.01. The molecule has 0 saturated carbocycles. The van der Waals surface area contributed by atoms with Crippen molar-refractivity contribution in [1.29, 1.82) is 0 Å². The van der Waals surface area contributed by atoms with Crippen molar-refractivity contribution >= 4 is 6.29 Å². The van der Waals surface area contributed by atoms with E-state index >= 15 is 0 Å². The predicted octanol–water partition coefficient (Wildman–Crippen LogP) is 1.78. The maximum Gasteiger partial charge on any atom is 0.123 e. The summed E-state index contributed by atoms with van der Waals surface area (Å²) in [5.41, 5.74) is 0.740. The van der Waals surface area contributed by atoms with E-state index < -0.39 is 0 Å². The highest BCUT2D eigenvalue weighted by atomic mass is 16.5. The minimum Gasteiger partial charge on any atom is -0.508 e. The van der Waals surface area contributed by atoms with E-state index in [-0.39, 0.29) is 11.7 Å². The molecule has 0 aliphatic heterocycles. The van der Waals surface area contributed by atoms with E-state index in [1.165, 1.54) is 0 Å². The van der Waals surface area contributed by atoms with Crippen molar-refractivity contribution in [2.45, 2.75) is 13.3 Å². The Bertz CT molecular complexity index is 320. The highest BCUT2D eigenvalue weighted by Crippen LogP contribution is 2.24. The van der Waals surface area contributed by atoms with Gasteiger partial charge in [-0.2, -0.15) is 0 Å². The molecular weight excluding hydrogens is 180 g/mol. The zero-order valence-corrected chi connectivity index (χ0v) is 8.36. The molecule has 0 spiro atoms. The van der Waals surface area contributed by atoms with Crippen molar-refractivity contribution in [2.75, 3.05) is 7.11 Å². The Morgan fingerprint density at radius 3 is 2.86 bits per heavy atom. The number of hydrogen-bond donors (Lipinski definition) is 1. The van der Waals surface area contributed by atoms with Crippen LogP contribution in [-0.4, -0.2) is 18.5 Å². The maximum absolute atomic E-state index is 10.5. The molecule has 0 fully saturated rings. The Morgan fingerprint density at radius 2 is 2.29 bits per heavy atom. The number of carbonyl (C=O) groups is 1. The molecule has 0 saturated heterocycles. The summed E-state index contributed by atoms with van der Waals surface area (Å²) in [6.45, 7) is 1.81. The number of phenols is 1. The SMILES string of the molecule is COc1ccc(O)c(CC(C)C=O)c1. The van der Waals surface area contributed by atoms with Crippen LogP contribution in [0.15, 0.2) is 18.2 Å². The van der Waals surface area contributed by atoms with Crippen LogP contribution >= 0.6 is 0 Å². The zero-order valence-electron chi connectivity index (χ0n) is 8.36. The predicted molar refractivity (Wildman–Crippen MR) is 53.6 cm³/mol. The van der Waals surface area contributed by atoms with Crippen molar-refractivity contribution in [3.63, 3.8) is 0 Å². The van der Waals surface area contributed by atoms with Crippen LogP contribution in [0.3, 0.4) is 0 Å². The molecule has 0 radical (unpaired) electrons. The fraction of sp³-hybridized carbons (Fsp3) is 0.364. The van der Waals surface area contributed by atoms with Crippen LogP contribution in [0.4, 0.5) is 0 Å². The van der Waals surface area contributed by atoms with Gasteiger partial charge in [-0.15, -0.1) is 0 Å². The standard InChI is InChI=1S/C11H14O3/c1-8(7-12)5-9-6-10(14-2)3-4-11(9)13/h3-4,6-8,13H,5H2,1-2H3. The van der Waals surface area contributed by atoms with E-state index in [0.29, 0.717) is 12.2 Å². The topological polar surface area (TPSA) is 46.5 Å². The van der Waals surface area contributed by atoms with E-state index in [1.807, 2.05) is 6.92 Å².